The molecular weight excluding hydrogens is 324 g/mol. The molecule has 0 saturated carbocycles. The smallest absolute Gasteiger partial charge is 0.138 e. The summed E-state index contributed by atoms with van der Waals surface area (Å²) in [5.41, 5.74) is 2.29. The van der Waals surface area contributed by atoms with E-state index >= 15 is 0 Å². The Kier molecular flexibility index (Phi) is 7.28. The minimum Gasteiger partial charge on any atom is -0.494 e. The van der Waals surface area contributed by atoms with Crippen molar-refractivity contribution in [1.29, 1.82) is 10.5 Å². The van der Waals surface area contributed by atoms with E-state index in [1.165, 1.54) is 0 Å². The molecule has 0 heterocycles. The van der Waals surface area contributed by atoms with Crippen LogP contribution in [0.15, 0.2) is 54.1 Å². The van der Waals surface area contributed by atoms with Crippen molar-refractivity contribution >= 4 is 5.57 Å². The highest BCUT2D eigenvalue weighted by molar-refractivity contribution is 5.86. The van der Waals surface area contributed by atoms with Crippen molar-refractivity contribution in [2.24, 2.45) is 0 Å². The van der Waals surface area contributed by atoms with Crippen molar-refractivity contribution < 1.29 is 9.47 Å². The maximum atomic E-state index is 9.38. The third kappa shape index (κ3) is 4.88. The van der Waals surface area contributed by atoms with E-state index in [-0.39, 0.29) is 5.57 Å². The summed E-state index contributed by atoms with van der Waals surface area (Å²) in [6, 6.07) is 18.9. The summed E-state index contributed by atoms with van der Waals surface area (Å²) in [6.07, 6.45) is 1.87. The van der Waals surface area contributed by atoms with E-state index < -0.39 is 0 Å². The van der Waals surface area contributed by atoms with Gasteiger partial charge < -0.3 is 9.47 Å². The second kappa shape index (κ2) is 9.91. The minimum absolute atomic E-state index is 0.0782. The third-order valence-corrected chi connectivity index (χ3v) is 3.71. The van der Waals surface area contributed by atoms with Gasteiger partial charge in [0.1, 0.15) is 29.2 Å². The van der Waals surface area contributed by atoms with Crippen molar-refractivity contribution in [1.82, 2.24) is 0 Å². The van der Waals surface area contributed by atoms with E-state index in [1.807, 2.05) is 60.7 Å². The largest absolute Gasteiger partial charge is 0.494 e. The van der Waals surface area contributed by atoms with Gasteiger partial charge in [0.05, 0.1) is 13.2 Å². The maximum absolute atomic E-state index is 9.38. The number of nitriles is 2. The predicted molar refractivity (Wildman–Crippen MR) is 102 cm³/mol. The molecule has 2 aromatic rings. The van der Waals surface area contributed by atoms with Crippen LogP contribution in [0.3, 0.4) is 0 Å². The molecule has 0 aliphatic heterocycles. The average Bonchev–Trinajstić information content (AvgIpc) is 2.70. The first-order valence-electron chi connectivity index (χ1n) is 8.74. The fourth-order valence-electron chi connectivity index (χ4n) is 2.47. The van der Waals surface area contributed by atoms with Gasteiger partial charge in [0.2, 0.25) is 0 Å². The van der Waals surface area contributed by atoms with Crippen molar-refractivity contribution in [2.75, 3.05) is 13.2 Å². The van der Waals surface area contributed by atoms with Gasteiger partial charge >= 0.3 is 0 Å². The molecule has 0 aliphatic carbocycles. The zero-order chi connectivity index (χ0) is 18.8. The third-order valence-electron chi connectivity index (χ3n) is 3.71. The molecule has 4 heteroatoms. The lowest BCUT2D eigenvalue weighted by molar-refractivity contribution is 0.317. The second-order valence-corrected chi connectivity index (χ2v) is 5.72. The zero-order valence-corrected chi connectivity index (χ0v) is 15.2. The standard InChI is InChI=1S/C22H22N2O2/c1-3-13-25-20-9-5-17(6-10-20)22(19(15-23)16-24)18-7-11-21(12-8-18)26-14-4-2/h5-12H,3-4,13-14H2,1-2H3. The van der Waals surface area contributed by atoms with Crippen molar-refractivity contribution in [3.05, 3.63) is 65.2 Å². The van der Waals surface area contributed by atoms with Crippen LogP contribution >= 0.6 is 0 Å². The molecule has 2 rings (SSSR count). The number of hydrogen-bond donors (Lipinski definition) is 0. The molecule has 0 radical (unpaired) electrons. The predicted octanol–water partition coefficient (Wildman–Crippen LogP) is 5.11. The van der Waals surface area contributed by atoms with Crippen molar-refractivity contribution in [3.8, 4) is 23.6 Å². The van der Waals surface area contributed by atoms with Crippen LogP contribution in [0, 0.1) is 22.7 Å². The van der Waals surface area contributed by atoms with Crippen LogP contribution in [-0.2, 0) is 0 Å². The number of nitrogens with zero attached hydrogens (tertiary/aromatic N) is 2. The summed E-state index contributed by atoms with van der Waals surface area (Å²) in [5.74, 6) is 1.54. The Morgan fingerprint density at radius 2 is 1.12 bits per heavy atom. The summed E-state index contributed by atoms with van der Waals surface area (Å²) >= 11 is 0. The SMILES string of the molecule is CCCOc1ccc(C(=C(C#N)C#N)c2ccc(OCCC)cc2)cc1. The van der Waals surface area contributed by atoms with E-state index in [4.69, 9.17) is 9.47 Å². The molecule has 0 saturated heterocycles. The fraction of sp³-hybridized carbons (Fsp3) is 0.273. The lowest BCUT2D eigenvalue weighted by Crippen LogP contribution is -1.97. The minimum atomic E-state index is 0.0782. The number of allylic oxidation sites excluding steroid dienone is 1. The highest BCUT2D eigenvalue weighted by Gasteiger charge is 2.12. The Bertz CT molecular complexity index is 753. The van der Waals surface area contributed by atoms with Gasteiger partial charge in [-0.1, -0.05) is 38.1 Å². The maximum Gasteiger partial charge on any atom is 0.138 e. The molecule has 2 aromatic carbocycles. The molecular formula is C22H22N2O2. The molecule has 0 aromatic heterocycles. The van der Waals surface area contributed by atoms with E-state index in [0.717, 1.165) is 35.5 Å². The number of ether oxygens (including phenoxy) is 2. The molecule has 26 heavy (non-hydrogen) atoms. The first-order chi connectivity index (χ1) is 12.7. The summed E-state index contributed by atoms with van der Waals surface area (Å²) in [6.45, 7) is 5.41. The van der Waals surface area contributed by atoms with Gasteiger partial charge in [-0.05, 0) is 48.2 Å². The van der Waals surface area contributed by atoms with Gasteiger partial charge in [-0.15, -0.1) is 0 Å². The van der Waals surface area contributed by atoms with Gasteiger partial charge in [-0.2, -0.15) is 10.5 Å². The Morgan fingerprint density at radius 1 is 0.731 bits per heavy atom. The molecule has 0 fully saturated rings. The van der Waals surface area contributed by atoms with Crippen LogP contribution in [0.4, 0.5) is 0 Å². The molecule has 132 valence electrons. The highest BCUT2D eigenvalue weighted by Crippen LogP contribution is 2.29. The van der Waals surface area contributed by atoms with Crippen molar-refractivity contribution in [2.45, 2.75) is 26.7 Å². The van der Waals surface area contributed by atoms with E-state index in [0.29, 0.717) is 18.8 Å². The van der Waals surface area contributed by atoms with Crippen LogP contribution in [-0.4, -0.2) is 13.2 Å². The normalized spacial score (nSPS) is 9.69. The summed E-state index contributed by atoms with van der Waals surface area (Å²) in [5, 5.41) is 18.8. The molecule has 4 nitrogen and oxygen atoms in total. The number of benzene rings is 2. The van der Waals surface area contributed by atoms with E-state index in [1.54, 1.807) is 0 Å². The first-order valence-corrected chi connectivity index (χ1v) is 8.74. The van der Waals surface area contributed by atoms with Crippen LogP contribution in [0.5, 0.6) is 11.5 Å². The van der Waals surface area contributed by atoms with E-state index in [9.17, 15) is 10.5 Å². The topological polar surface area (TPSA) is 66.0 Å². The molecule has 0 amide bonds. The summed E-state index contributed by atoms with van der Waals surface area (Å²) < 4.78 is 11.2. The van der Waals surface area contributed by atoms with Crippen LogP contribution < -0.4 is 9.47 Å². The Balaban J connectivity index is 2.38. The fourth-order valence-corrected chi connectivity index (χ4v) is 2.47. The molecule has 0 aliphatic rings. The Morgan fingerprint density at radius 3 is 1.42 bits per heavy atom. The average molecular weight is 346 g/mol. The van der Waals surface area contributed by atoms with Gasteiger partial charge in [-0.3, -0.25) is 0 Å². The lowest BCUT2D eigenvalue weighted by Gasteiger charge is -2.11. The summed E-state index contributed by atoms with van der Waals surface area (Å²) in [7, 11) is 0. The quantitative estimate of drug-likeness (QED) is 0.623. The van der Waals surface area contributed by atoms with Crippen molar-refractivity contribution in [3.63, 3.8) is 0 Å². The van der Waals surface area contributed by atoms with E-state index in [2.05, 4.69) is 13.8 Å². The number of hydrogen-bond acceptors (Lipinski definition) is 4. The molecule has 0 atom stereocenters. The zero-order valence-electron chi connectivity index (χ0n) is 15.2. The molecule has 0 bridgehead atoms. The monoisotopic (exact) mass is 346 g/mol. The van der Waals surface area contributed by atoms with Gasteiger partial charge in [0.15, 0.2) is 0 Å². The van der Waals surface area contributed by atoms with Crippen LogP contribution in [0.1, 0.15) is 37.8 Å². The van der Waals surface area contributed by atoms with Gasteiger partial charge in [-0.25, -0.2) is 0 Å². The molecule has 0 N–H and O–H groups in total. The molecule has 0 spiro atoms. The first kappa shape index (κ1) is 19.1. The Labute approximate surface area is 154 Å². The second-order valence-electron chi connectivity index (χ2n) is 5.72. The van der Waals surface area contributed by atoms with Gasteiger partial charge in [0.25, 0.3) is 0 Å². The van der Waals surface area contributed by atoms with Crippen LogP contribution in [0.25, 0.3) is 5.57 Å². The summed E-state index contributed by atoms with van der Waals surface area (Å²) in [4.78, 5) is 0. The number of rotatable bonds is 8. The van der Waals surface area contributed by atoms with Gasteiger partial charge in [0, 0.05) is 5.57 Å². The highest BCUT2D eigenvalue weighted by atomic mass is 16.5. The lowest BCUT2D eigenvalue weighted by atomic mass is 9.93. The Hall–Kier alpha value is -3.24. The van der Waals surface area contributed by atoms with Crippen LogP contribution in [0.2, 0.25) is 0 Å². The molecule has 0 unspecified atom stereocenters.